The molecular formula is C12H15NO7. The molecule has 0 saturated carbocycles. The fraction of sp³-hybridized carbons (Fsp3) is 0.500. The quantitative estimate of drug-likeness (QED) is 0.519. The summed E-state index contributed by atoms with van der Waals surface area (Å²) in [5.41, 5.74) is -0.0914. The molecule has 0 aromatic heterocycles. The third-order valence-electron chi connectivity index (χ3n) is 3.11. The average Bonchev–Trinajstić information content (AvgIpc) is 2.43. The lowest BCUT2D eigenvalue weighted by Crippen LogP contribution is -2.58. The van der Waals surface area contributed by atoms with Gasteiger partial charge in [-0.25, -0.2) is 0 Å². The highest BCUT2D eigenvalue weighted by Crippen LogP contribution is 2.25. The van der Waals surface area contributed by atoms with Crippen molar-refractivity contribution < 1.29 is 29.7 Å². The maximum atomic E-state index is 10.5. The van der Waals surface area contributed by atoms with Crippen molar-refractivity contribution in [1.29, 1.82) is 0 Å². The summed E-state index contributed by atoms with van der Waals surface area (Å²) in [6, 6.07) is 5.21. The Bertz CT molecular complexity index is 477. The lowest BCUT2D eigenvalue weighted by atomic mass is 10.00. The average molecular weight is 285 g/mol. The normalized spacial score (nSPS) is 33.7. The summed E-state index contributed by atoms with van der Waals surface area (Å²) in [4.78, 5) is 9.97. The third kappa shape index (κ3) is 2.88. The number of hydrogen-bond donors (Lipinski definition) is 3. The molecule has 8 nitrogen and oxygen atoms in total. The fourth-order valence-electron chi connectivity index (χ4n) is 1.89. The minimum absolute atomic E-state index is 0.0914. The SMILES string of the molecule is C[C@H]1OC(Oc2ccc([N+](=O)[O-])cc2)[C@H](O)[C@@H](O)[C@H]1O. The zero-order chi connectivity index (χ0) is 14.9. The van der Waals surface area contributed by atoms with Gasteiger partial charge in [0.15, 0.2) is 0 Å². The molecule has 0 amide bonds. The first-order valence-electron chi connectivity index (χ1n) is 6.01. The van der Waals surface area contributed by atoms with Crippen LogP contribution < -0.4 is 4.74 Å². The fourth-order valence-corrected chi connectivity index (χ4v) is 1.89. The minimum atomic E-state index is -1.42. The second-order valence-corrected chi connectivity index (χ2v) is 4.55. The van der Waals surface area contributed by atoms with Crippen LogP contribution in [-0.4, -0.2) is 50.9 Å². The summed E-state index contributed by atoms with van der Waals surface area (Å²) in [7, 11) is 0. The molecule has 0 aliphatic carbocycles. The Kier molecular flexibility index (Phi) is 4.19. The van der Waals surface area contributed by atoms with Crippen LogP contribution in [0, 0.1) is 10.1 Å². The van der Waals surface area contributed by atoms with Gasteiger partial charge >= 0.3 is 0 Å². The number of benzene rings is 1. The molecule has 2 rings (SSSR count). The Labute approximate surface area is 114 Å². The monoisotopic (exact) mass is 285 g/mol. The highest BCUT2D eigenvalue weighted by molar-refractivity contribution is 5.36. The van der Waals surface area contributed by atoms with Gasteiger partial charge in [-0.1, -0.05) is 0 Å². The number of aliphatic hydroxyl groups excluding tert-OH is 3. The highest BCUT2D eigenvalue weighted by atomic mass is 16.7. The molecule has 1 fully saturated rings. The van der Waals surface area contributed by atoms with Gasteiger partial charge in [0.05, 0.1) is 11.0 Å². The van der Waals surface area contributed by atoms with Crippen molar-refractivity contribution in [2.45, 2.75) is 37.6 Å². The van der Waals surface area contributed by atoms with E-state index in [1.807, 2.05) is 0 Å². The Morgan fingerprint density at radius 3 is 2.30 bits per heavy atom. The van der Waals surface area contributed by atoms with Crippen LogP contribution in [-0.2, 0) is 4.74 Å². The predicted molar refractivity (Wildman–Crippen MR) is 66.1 cm³/mol. The van der Waals surface area contributed by atoms with Crippen molar-refractivity contribution in [3.63, 3.8) is 0 Å². The van der Waals surface area contributed by atoms with Crippen molar-refractivity contribution in [3.05, 3.63) is 34.4 Å². The molecule has 1 aromatic rings. The number of rotatable bonds is 3. The van der Waals surface area contributed by atoms with Gasteiger partial charge in [0.1, 0.15) is 24.1 Å². The standard InChI is InChI=1S/C12H15NO7/c1-6-9(14)10(15)11(16)12(19-6)20-8-4-2-7(3-5-8)13(17)18/h2-6,9-12,14-16H,1H3/t6-,9+,10+,11-,12?/m1/s1. The van der Waals surface area contributed by atoms with Gasteiger partial charge < -0.3 is 24.8 Å². The molecule has 0 spiro atoms. The van der Waals surface area contributed by atoms with Gasteiger partial charge in [-0.3, -0.25) is 10.1 Å². The molecule has 0 bridgehead atoms. The van der Waals surface area contributed by atoms with E-state index in [0.29, 0.717) is 0 Å². The van der Waals surface area contributed by atoms with E-state index in [4.69, 9.17) is 9.47 Å². The molecule has 1 heterocycles. The molecule has 0 radical (unpaired) electrons. The first-order chi connectivity index (χ1) is 9.40. The van der Waals surface area contributed by atoms with E-state index in [0.717, 1.165) is 0 Å². The van der Waals surface area contributed by atoms with Gasteiger partial charge in [0, 0.05) is 12.1 Å². The molecule has 5 atom stereocenters. The predicted octanol–water partition coefficient (Wildman–Crippen LogP) is -0.199. The summed E-state index contributed by atoms with van der Waals surface area (Å²) in [6.07, 6.45) is -5.89. The lowest BCUT2D eigenvalue weighted by Gasteiger charge is -2.38. The van der Waals surface area contributed by atoms with Crippen LogP contribution in [0.1, 0.15) is 6.92 Å². The van der Waals surface area contributed by atoms with E-state index in [-0.39, 0.29) is 11.4 Å². The highest BCUT2D eigenvalue weighted by Gasteiger charge is 2.43. The Morgan fingerprint density at radius 1 is 1.15 bits per heavy atom. The molecule has 3 N–H and O–H groups in total. The van der Waals surface area contributed by atoms with Crippen molar-refractivity contribution in [2.24, 2.45) is 0 Å². The van der Waals surface area contributed by atoms with Gasteiger partial charge in [-0.05, 0) is 19.1 Å². The Balaban J connectivity index is 2.07. The van der Waals surface area contributed by atoms with Crippen molar-refractivity contribution in [3.8, 4) is 5.75 Å². The van der Waals surface area contributed by atoms with Gasteiger partial charge in [-0.2, -0.15) is 0 Å². The minimum Gasteiger partial charge on any atom is -0.462 e. The number of nitro groups is 1. The van der Waals surface area contributed by atoms with Crippen LogP contribution in [0.2, 0.25) is 0 Å². The van der Waals surface area contributed by atoms with E-state index in [2.05, 4.69) is 0 Å². The van der Waals surface area contributed by atoms with Crippen LogP contribution in [0.5, 0.6) is 5.75 Å². The Morgan fingerprint density at radius 2 is 1.75 bits per heavy atom. The first kappa shape index (κ1) is 14.7. The zero-order valence-corrected chi connectivity index (χ0v) is 10.6. The smallest absolute Gasteiger partial charge is 0.269 e. The summed E-state index contributed by atoms with van der Waals surface area (Å²) >= 11 is 0. The van der Waals surface area contributed by atoms with E-state index in [1.54, 1.807) is 0 Å². The molecule has 1 aromatic carbocycles. The van der Waals surface area contributed by atoms with Crippen LogP contribution in [0.25, 0.3) is 0 Å². The molecule has 1 saturated heterocycles. The molecular weight excluding hydrogens is 270 g/mol. The summed E-state index contributed by atoms with van der Waals surface area (Å²) < 4.78 is 10.6. The van der Waals surface area contributed by atoms with Crippen molar-refractivity contribution in [2.75, 3.05) is 0 Å². The second-order valence-electron chi connectivity index (χ2n) is 4.55. The summed E-state index contributed by atoms with van der Waals surface area (Å²) in [5.74, 6) is 0.246. The number of ether oxygens (including phenoxy) is 2. The van der Waals surface area contributed by atoms with Crippen molar-refractivity contribution in [1.82, 2.24) is 0 Å². The van der Waals surface area contributed by atoms with Crippen LogP contribution in [0.4, 0.5) is 5.69 Å². The number of hydrogen-bond acceptors (Lipinski definition) is 7. The zero-order valence-electron chi connectivity index (χ0n) is 10.6. The van der Waals surface area contributed by atoms with Crippen LogP contribution in [0.3, 0.4) is 0 Å². The van der Waals surface area contributed by atoms with Gasteiger partial charge in [0.25, 0.3) is 5.69 Å². The third-order valence-corrected chi connectivity index (χ3v) is 3.11. The second kappa shape index (κ2) is 5.71. The summed E-state index contributed by atoms with van der Waals surface area (Å²) in [5, 5.41) is 39.4. The lowest BCUT2D eigenvalue weighted by molar-refractivity contribution is -0.384. The van der Waals surface area contributed by atoms with Crippen LogP contribution >= 0.6 is 0 Å². The maximum Gasteiger partial charge on any atom is 0.269 e. The van der Waals surface area contributed by atoms with Gasteiger partial charge in [0.2, 0.25) is 6.29 Å². The van der Waals surface area contributed by atoms with E-state index in [9.17, 15) is 25.4 Å². The van der Waals surface area contributed by atoms with Crippen LogP contribution in [0.15, 0.2) is 24.3 Å². The molecule has 1 unspecified atom stereocenters. The number of nitro benzene ring substituents is 1. The molecule has 1 aliphatic rings. The van der Waals surface area contributed by atoms with Crippen molar-refractivity contribution >= 4 is 5.69 Å². The van der Waals surface area contributed by atoms with E-state index < -0.39 is 35.6 Å². The molecule has 8 heteroatoms. The largest absolute Gasteiger partial charge is 0.462 e. The molecule has 110 valence electrons. The number of non-ortho nitro benzene ring substituents is 1. The van der Waals surface area contributed by atoms with Gasteiger partial charge in [-0.15, -0.1) is 0 Å². The Hall–Kier alpha value is -1.74. The van der Waals surface area contributed by atoms with E-state index >= 15 is 0 Å². The maximum absolute atomic E-state index is 10.5. The first-order valence-corrected chi connectivity index (χ1v) is 6.01. The molecule has 1 aliphatic heterocycles. The summed E-state index contributed by atoms with van der Waals surface area (Å²) in [6.45, 7) is 1.53. The molecule has 20 heavy (non-hydrogen) atoms. The topological polar surface area (TPSA) is 122 Å². The number of nitrogens with zero attached hydrogens (tertiary/aromatic N) is 1. The van der Waals surface area contributed by atoms with E-state index in [1.165, 1.54) is 31.2 Å². The number of aliphatic hydroxyl groups is 3.